The normalized spacial score (nSPS) is 11.1. The molecule has 0 unspecified atom stereocenters. The van der Waals surface area contributed by atoms with E-state index in [1.165, 1.54) is 0 Å². The van der Waals surface area contributed by atoms with Gasteiger partial charge >= 0.3 is 5.91 Å². The zero-order chi connectivity index (χ0) is 24.1. The second kappa shape index (κ2) is 11.0. The van der Waals surface area contributed by atoms with E-state index >= 15 is 0 Å². The summed E-state index contributed by atoms with van der Waals surface area (Å²) in [7, 11) is 0. The molecule has 0 aliphatic heterocycles. The lowest BCUT2D eigenvalue weighted by molar-refractivity contribution is 0.0929. The summed E-state index contributed by atoms with van der Waals surface area (Å²) in [6, 6.07) is 18.6. The standard InChI is InChI=1S/C26H19Br2ClN2O3/c1-2-5-17-10-16(11-21(28)25(17)33-15-18-6-3-4-7-22(18)29)14-30-31-26(32)24-13-19-12-20(27)8-9-23(19)34-24/h2-4,6-14H,1,5,15H2,(H,31,32)/b30-14+. The maximum absolute atomic E-state index is 12.4. The summed E-state index contributed by atoms with van der Waals surface area (Å²) in [5.41, 5.74) is 5.73. The molecule has 1 N–H and O–H groups in total. The highest BCUT2D eigenvalue weighted by Crippen LogP contribution is 2.32. The van der Waals surface area contributed by atoms with Crippen molar-refractivity contribution in [3.8, 4) is 5.75 Å². The molecule has 0 aliphatic rings. The Morgan fingerprint density at radius 2 is 1.94 bits per heavy atom. The number of nitrogens with one attached hydrogen (secondary N) is 1. The molecule has 34 heavy (non-hydrogen) atoms. The molecule has 5 nitrogen and oxygen atoms in total. The van der Waals surface area contributed by atoms with E-state index in [2.05, 4.69) is 49.0 Å². The van der Waals surface area contributed by atoms with Crippen LogP contribution in [0.1, 0.15) is 27.2 Å². The number of rotatable bonds is 8. The molecule has 0 fully saturated rings. The number of ether oxygens (including phenoxy) is 1. The Bertz CT molecular complexity index is 1400. The monoisotopic (exact) mass is 600 g/mol. The molecule has 0 aliphatic carbocycles. The van der Waals surface area contributed by atoms with E-state index < -0.39 is 5.91 Å². The number of hydrazone groups is 1. The van der Waals surface area contributed by atoms with Gasteiger partial charge in [0.15, 0.2) is 5.76 Å². The summed E-state index contributed by atoms with van der Waals surface area (Å²) in [6.07, 6.45) is 3.96. The topological polar surface area (TPSA) is 63.8 Å². The largest absolute Gasteiger partial charge is 0.487 e. The highest BCUT2D eigenvalue weighted by Gasteiger charge is 2.13. The maximum atomic E-state index is 12.4. The Hall–Kier alpha value is -2.87. The Balaban J connectivity index is 1.48. The first-order valence-corrected chi connectivity index (χ1v) is 12.2. The summed E-state index contributed by atoms with van der Waals surface area (Å²) in [5, 5.41) is 5.56. The Morgan fingerprint density at radius 3 is 2.74 bits per heavy atom. The number of furan rings is 1. The van der Waals surface area contributed by atoms with Crippen LogP contribution in [0.4, 0.5) is 0 Å². The smallest absolute Gasteiger partial charge is 0.307 e. The number of fused-ring (bicyclic) bond motifs is 1. The van der Waals surface area contributed by atoms with E-state index in [-0.39, 0.29) is 5.76 Å². The Kier molecular flexibility index (Phi) is 7.88. The quantitative estimate of drug-likeness (QED) is 0.128. The molecule has 0 bridgehead atoms. The second-order valence-corrected chi connectivity index (χ2v) is 9.53. The molecule has 1 aromatic heterocycles. The average molecular weight is 603 g/mol. The molecular formula is C26H19Br2ClN2O3. The first-order valence-electron chi connectivity index (χ1n) is 10.3. The van der Waals surface area contributed by atoms with E-state index in [9.17, 15) is 4.79 Å². The van der Waals surface area contributed by atoms with Crippen molar-refractivity contribution >= 4 is 66.6 Å². The molecule has 0 saturated heterocycles. The van der Waals surface area contributed by atoms with Crippen LogP contribution in [0, 0.1) is 0 Å². The van der Waals surface area contributed by atoms with Crippen LogP contribution < -0.4 is 10.2 Å². The molecule has 8 heteroatoms. The molecule has 4 rings (SSSR count). The molecule has 0 spiro atoms. The van der Waals surface area contributed by atoms with Crippen LogP contribution in [0.15, 0.2) is 91.8 Å². The van der Waals surface area contributed by atoms with Gasteiger partial charge in [-0.1, -0.05) is 51.8 Å². The average Bonchev–Trinajstić information content (AvgIpc) is 3.23. The van der Waals surface area contributed by atoms with Gasteiger partial charge in [-0.15, -0.1) is 6.58 Å². The van der Waals surface area contributed by atoms with Crippen molar-refractivity contribution in [3.63, 3.8) is 0 Å². The van der Waals surface area contributed by atoms with Gasteiger partial charge in [-0.25, -0.2) is 5.43 Å². The maximum Gasteiger partial charge on any atom is 0.307 e. The van der Waals surface area contributed by atoms with Crippen LogP contribution in [-0.2, 0) is 13.0 Å². The fraction of sp³-hybridized carbons (Fsp3) is 0.0769. The molecular weight excluding hydrogens is 584 g/mol. The van der Waals surface area contributed by atoms with Crippen LogP contribution in [0.5, 0.6) is 5.75 Å². The predicted molar refractivity (Wildman–Crippen MR) is 143 cm³/mol. The van der Waals surface area contributed by atoms with Crippen LogP contribution in [-0.4, -0.2) is 12.1 Å². The summed E-state index contributed by atoms with van der Waals surface area (Å²) in [4.78, 5) is 12.4. The SMILES string of the molecule is C=CCc1cc(/C=N/NC(=O)c2cc3cc(Br)ccc3o2)cc(Br)c1OCc1ccccc1Cl. The number of amides is 1. The van der Waals surface area contributed by atoms with Gasteiger partial charge in [0.05, 0.1) is 10.7 Å². The molecule has 1 heterocycles. The van der Waals surface area contributed by atoms with E-state index in [1.54, 1.807) is 24.4 Å². The minimum Gasteiger partial charge on any atom is -0.487 e. The number of hydrogen-bond acceptors (Lipinski definition) is 4. The summed E-state index contributed by atoms with van der Waals surface area (Å²) < 4.78 is 13.3. The van der Waals surface area contributed by atoms with Crippen molar-refractivity contribution in [1.82, 2.24) is 5.43 Å². The molecule has 0 radical (unpaired) electrons. The molecule has 0 atom stereocenters. The van der Waals surface area contributed by atoms with Crippen molar-refractivity contribution in [2.45, 2.75) is 13.0 Å². The second-order valence-electron chi connectivity index (χ2n) is 7.36. The number of carbonyl (C=O) groups excluding carboxylic acids is 1. The van der Waals surface area contributed by atoms with Crippen molar-refractivity contribution < 1.29 is 13.9 Å². The molecule has 0 saturated carbocycles. The summed E-state index contributed by atoms with van der Waals surface area (Å²) in [6.45, 7) is 4.17. The van der Waals surface area contributed by atoms with Gasteiger partial charge in [0.2, 0.25) is 0 Å². The van der Waals surface area contributed by atoms with Gasteiger partial charge in [-0.05, 0) is 75.9 Å². The fourth-order valence-electron chi connectivity index (χ4n) is 3.33. The number of allylic oxidation sites excluding steroid dienone is 1. The van der Waals surface area contributed by atoms with Crippen molar-refractivity contribution in [2.75, 3.05) is 0 Å². The third-order valence-electron chi connectivity index (χ3n) is 4.92. The van der Waals surface area contributed by atoms with Crippen molar-refractivity contribution in [3.05, 3.63) is 110 Å². The lowest BCUT2D eigenvalue weighted by Gasteiger charge is -2.14. The zero-order valence-corrected chi connectivity index (χ0v) is 21.8. The minimum absolute atomic E-state index is 0.182. The van der Waals surface area contributed by atoms with Crippen LogP contribution in [0.25, 0.3) is 11.0 Å². The van der Waals surface area contributed by atoms with E-state index in [0.717, 1.165) is 31.0 Å². The minimum atomic E-state index is -0.436. The lowest BCUT2D eigenvalue weighted by atomic mass is 10.1. The van der Waals surface area contributed by atoms with Crippen LogP contribution >= 0.6 is 43.5 Å². The third-order valence-corrected chi connectivity index (χ3v) is 6.37. The number of nitrogens with zero attached hydrogens (tertiary/aromatic N) is 1. The highest BCUT2D eigenvalue weighted by atomic mass is 79.9. The fourth-order valence-corrected chi connectivity index (χ4v) is 4.53. The number of carbonyl (C=O) groups is 1. The summed E-state index contributed by atoms with van der Waals surface area (Å²) in [5.74, 6) is 0.449. The Labute approximate surface area is 218 Å². The number of hydrogen-bond donors (Lipinski definition) is 1. The van der Waals surface area contributed by atoms with Crippen LogP contribution in [0.2, 0.25) is 5.02 Å². The lowest BCUT2D eigenvalue weighted by Crippen LogP contribution is -2.16. The van der Waals surface area contributed by atoms with E-state index in [1.807, 2.05) is 48.5 Å². The van der Waals surface area contributed by atoms with Gasteiger partial charge in [-0.3, -0.25) is 4.79 Å². The highest BCUT2D eigenvalue weighted by molar-refractivity contribution is 9.10. The zero-order valence-electron chi connectivity index (χ0n) is 17.9. The van der Waals surface area contributed by atoms with Gasteiger partial charge < -0.3 is 9.15 Å². The summed E-state index contributed by atoms with van der Waals surface area (Å²) >= 11 is 13.2. The van der Waals surface area contributed by atoms with Crippen LogP contribution in [0.3, 0.4) is 0 Å². The number of halogens is 3. The third kappa shape index (κ3) is 5.78. The van der Waals surface area contributed by atoms with Gasteiger partial charge in [0.1, 0.15) is 17.9 Å². The van der Waals surface area contributed by atoms with Gasteiger partial charge in [0.25, 0.3) is 0 Å². The molecule has 1 amide bonds. The Morgan fingerprint density at radius 1 is 1.12 bits per heavy atom. The first-order chi connectivity index (χ1) is 16.4. The van der Waals surface area contributed by atoms with Crippen molar-refractivity contribution in [2.24, 2.45) is 5.10 Å². The predicted octanol–water partition coefficient (Wildman–Crippen LogP) is 7.68. The van der Waals surface area contributed by atoms with Gasteiger partial charge in [0, 0.05) is 20.4 Å². The molecule has 3 aromatic carbocycles. The van der Waals surface area contributed by atoms with E-state index in [4.69, 9.17) is 20.8 Å². The van der Waals surface area contributed by atoms with Gasteiger partial charge in [-0.2, -0.15) is 5.10 Å². The van der Waals surface area contributed by atoms with Crippen molar-refractivity contribution in [1.29, 1.82) is 0 Å². The molecule has 172 valence electrons. The molecule has 4 aromatic rings. The first kappa shape index (κ1) is 24.3. The van der Waals surface area contributed by atoms with E-state index in [0.29, 0.717) is 29.4 Å². The number of benzene rings is 3.